The van der Waals surface area contributed by atoms with Crippen LogP contribution < -0.4 is 5.32 Å². The summed E-state index contributed by atoms with van der Waals surface area (Å²) in [4.78, 5) is 2.83. The molecule has 0 aromatic carbocycles. The Morgan fingerprint density at radius 1 is 0.833 bits per heavy atom. The Hall–Kier alpha value is -0.0800. The van der Waals surface area contributed by atoms with Crippen LogP contribution in [0.5, 0.6) is 0 Å². The first-order valence-corrected chi connectivity index (χ1v) is 5.43. The van der Waals surface area contributed by atoms with E-state index in [2.05, 4.69) is 10.2 Å². The maximum Gasteiger partial charge on any atom is 0.0238 e. The lowest BCUT2D eigenvalue weighted by atomic mass is 10.2. The topological polar surface area (TPSA) is 15.3 Å². The number of nitrogens with zero attached hydrogens (tertiary/aromatic N) is 1. The standard InChI is InChI=1S/C10H18N2/c1-2-8(1)12(9-3-4-9)10-5-6-11-7-10/h8-11H,1-7H2/t10-/m1/s1. The molecule has 2 saturated carbocycles. The molecule has 2 heteroatoms. The van der Waals surface area contributed by atoms with Crippen LogP contribution in [0.2, 0.25) is 0 Å². The average molecular weight is 166 g/mol. The number of hydrogen-bond donors (Lipinski definition) is 1. The van der Waals surface area contributed by atoms with Crippen molar-refractivity contribution in [3.05, 3.63) is 0 Å². The van der Waals surface area contributed by atoms with Gasteiger partial charge in [-0.3, -0.25) is 4.90 Å². The van der Waals surface area contributed by atoms with Gasteiger partial charge >= 0.3 is 0 Å². The second-order valence-corrected chi connectivity index (χ2v) is 4.56. The van der Waals surface area contributed by atoms with Gasteiger partial charge in [0, 0.05) is 24.7 Å². The minimum atomic E-state index is 0.894. The van der Waals surface area contributed by atoms with E-state index in [9.17, 15) is 0 Å². The zero-order valence-electron chi connectivity index (χ0n) is 7.63. The maximum absolute atomic E-state index is 3.48. The van der Waals surface area contributed by atoms with E-state index in [1.807, 2.05) is 0 Å². The molecule has 1 aliphatic heterocycles. The summed E-state index contributed by atoms with van der Waals surface area (Å²) in [6, 6.07) is 2.87. The van der Waals surface area contributed by atoms with Crippen molar-refractivity contribution in [2.75, 3.05) is 13.1 Å². The zero-order chi connectivity index (χ0) is 7.97. The van der Waals surface area contributed by atoms with Crippen LogP contribution in [-0.4, -0.2) is 36.1 Å². The van der Waals surface area contributed by atoms with Crippen LogP contribution in [0.15, 0.2) is 0 Å². The normalized spacial score (nSPS) is 36.2. The molecular weight excluding hydrogens is 148 g/mol. The summed E-state index contributed by atoms with van der Waals surface area (Å²) in [7, 11) is 0. The van der Waals surface area contributed by atoms with Crippen LogP contribution in [0.3, 0.4) is 0 Å². The van der Waals surface area contributed by atoms with Gasteiger partial charge in [0.25, 0.3) is 0 Å². The predicted octanol–water partition coefficient (Wildman–Crippen LogP) is 0.975. The summed E-state index contributed by atoms with van der Waals surface area (Å²) in [5.74, 6) is 0. The van der Waals surface area contributed by atoms with Gasteiger partial charge in [-0.25, -0.2) is 0 Å². The first-order chi connectivity index (χ1) is 5.95. The molecule has 0 aromatic heterocycles. The number of nitrogens with one attached hydrogen (secondary N) is 1. The summed E-state index contributed by atoms with van der Waals surface area (Å²) >= 11 is 0. The minimum absolute atomic E-state index is 0.894. The Kier molecular flexibility index (Phi) is 1.66. The molecule has 2 aliphatic carbocycles. The molecule has 1 atom stereocenters. The smallest absolute Gasteiger partial charge is 0.0238 e. The van der Waals surface area contributed by atoms with Crippen molar-refractivity contribution in [3.63, 3.8) is 0 Å². The summed E-state index contributed by atoms with van der Waals surface area (Å²) in [6.07, 6.45) is 7.31. The average Bonchev–Trinajstić information content (AvgIpc) is 2.95. The Labute approximate surface area is 74.3 Å². The van der Waals surface area contributed by atoms with Crippen molar-refractivity contribution < 1.29 is 0 Å². The minimum Gasteiger partial charge on any atom is -0.315 e. The lowest BCUT2D eigenvalue weighted by Gasteiger charge is -2.28. The van der Waals surface area contributed by atoms with Crippen molar-refractivity contribution in [1.82, 2.24) is 10.2 Å². The van der Waals surface area contributed by atoms with Gasteiger partial charge in [-0.05, 0) is 38.6 Å². The van der Waals surface area contributed by atoms with E-state index in [0.717, 1.165) is 18.1 Å². The van der Waals surface area contributed by atoms with Gasteiger partial charge in [0.15, 0.2) is 0 Å². The first kappa shape index (κ1) is 7.34. The van der Waals surface area contributed by atoms with Crippen LogP contribution in [0.25, 0.3) is 0 Å². The molecular formula is C10H18N2. The third-order valence-electron chi connectivity index (χ3n) is 3.39. The molecule has 3 aliphatic rings. The Morgan fingerprint density at radius 3 is 1.92 bits per heavy atom. The van der Waals surface area contributed by atoms with Gasteiger partial charge in [0.2, 0.25) is 0 Å². The van der Waals surface area contributed by atoms with E-state index in [1.54, 1.807) is 0 Å². The highest BCUT2D eigenvalue weighted by molar-refractivity contribution is 4.99. The highest BCUT2D eigenvalue weighted by Crippen LogP contribution is 2.39. The Bertz CT molecular complexity index is 155. The van der Waals surface area contributed by atoms with Crippen LogP contribution in [-0.2, 0) is 0 Å². The number of rotatable bonds is 3. The first-order valence-electron chi connectivity index (χ1n) is 5.43. The SMILES string of the molecule is C1C[C@@H](N(C2CC2)C2CC2)CN1. The summed E-state index contributed by atoms with van der Waals surface area (Å²) in [6.45, 7) is 2.51. The Morgan fingerprint density at radius 2 is 1.50 bits per heavy atom. The predicted molar refractivity (Wildman–Crippen MR) is 49.2 cm³/mol. The van der Waals surface area contributed by atoms with Gasteiger partial charge in [-0.1, -0.05) is 0 Å². The van der Waals surface area contributed by atoms with Crippen LogP contribution in [0.4, 0.5) is 0 Å². The van der Waals surface area contributed by atoms with Crippen LogP contribution >= 0.6 is 0 Å². The van der Waals surface area contributed by atoms with Crippen LogP contribution in [0.1, 0.15) is 32.1 Å². The van der Waals surface area contributed by atoms with E-state index in [-0.39, 0.29) is 0 Å². The Balaban J connectivity index is 1.67. The lowest BCUT2D eigenvalue weighted by Crippen LogP contribution is -2.40. The second-order valence-electron chi connectivity index (χ2n) is 4.56. The fourth-order valence-electron chi connectivity index (χ4n) is 2.53. The molecule has 0 aromatic rings. The third-order valence-corrected chi connectivity index (χ3v) is 3.39. The molecule has 3 fully saturated rings. The van der Waals surface area contributed by atoms with E-state index in [0.29, 0.717) is 0 Å². The van der Waals surface area contributed by atoms with E-state index in [1.165, 1.54) is 45.2 Å². The molecule has 1 saturated heterocycles. The van der Waals surface area contributed by atoms with Crippen molar-refractivity contribution in [3.8, 4) is 0 Å². The quantitative estimate of drug-likeness (QED) is 0.672. The maximum atomic E-state index is 3.48. The van der Waals surface area contributed by atoms with Crippen LogP contribution in [0, 0.1) is 0 Å². The monoisotopic (exact) mass is 166 g/mol. The lowest BCUT2D eigenvalue weighted by molar-refractivity contribution is 0.187. The van der Waals surface area contributed by atoms with E-state index >= 15 is 0 Å². The molecule has 1 N–H and O–H groups in total. The van der Waals surface area contributed by atoms with Gasteiger partial charge in [0.1, 0.15) is 0 Å². The van der Waals surface area contributed by atoms with Crippen molar-refractivity contribution in [2.24, 2.45) is 0 Å². The summed E-state index contributed by atoms with van der Waals surface area (Å²) in [5, 5.41) is 3.48. The van der Waals surface area contributed by atoms with Crippen molar-refractivity contribution >= 4 is 0 Å². The zero-order valence-corrected chi connectivity index (χ0v) is 7.63. The summed E-state index contributed by atoms with van der Waals surface area (Å²) < 4.78 is 0. The highest BCUT2D eigenvalue weighted by Gasteiger charge is 2.43. The fraction of sp³-hybridized carbons (Fsp3) is 1.00. The van der Waals surface area contributed by atoms with Crippen molar-refractivity contribution in [1.29, 1.82) is 0 Å². The van der Waals surface area contributed by atoms with Gasteiger partial charge in [-0.2, -0.15) is 0 Å². The molecule has 0 radical (unpaired) electrons. The fourth-order valence-corrected chi connectivity index (χ4v) is 2.53. The highest BCUT2D eigenvalue weighted by atomic mass is 15.3. The molecule has 12 heavy (non-hydrogen) atoms. The molecule has 0 amide bonds. The summed E-state index contributed by atoms with van der Waals surface area (Å²) in [5.41, 5.74) is 0. The van der Waals surface area contributed by atoms with Gasteiger partial charge in [-0.15, -0.1) is 0 Å². The van der Waals surface area contributed by atoms with E-state index in [4.69, 9.17) is 0 Å². The molecule has 0 unspecified atom stereocenters. The molecule has 0 spiro atoms. The third kappa shape index (κ3) is 1.27. The number of hydrogen-bond acceptors (Lipinski definition) is 2. The van der Waals surface area contributed by atoms with Crippen molar-refractivity contribution in [2.45, 2.75) is 50.2 Å². The van der Waals surface area contributed by atoms with Gasteiger partial charge in [0.05, 0.1) is 0 Å². The van der Waals surface area contributed by atoms with E-state index < -0.39 is 0 Å². The molecule has 0 bridgehead atoms. The second kappa shape index (κ2) is 2.71. The van der Waals surface area contributed by atoms with Gasteiger partial charge < -0.3 is 5.32 Å². The molecule has 2 nitrogen and oxygen atoms in total. The molecule has 3 rings (SSSR count). The largest absolute Gasteiger partial charge is 0.315 e. The molecule has 68 valence electrons. The molecule has 1 heterocycles.